The minimum absolute atomic E-state index is 0.609. The van der Waals surface area contributed by atoms with Crippen molar-refractivity contribution in [2.24, 2.45) is 0 Å². The van der Waals surface area contributed by atoms with Gasteiger partial charge >= 0.3 is 0 Å². The molecule has 1 atom stereocenters. The second kappa shape index (κ2) is 5.19. The van der Waals surface area contributed by atoms with Gasteiger partial charge in [-0.25, -0.2) is 0 Å². The summed E-state index contributed by atoms with van der Waals surface area (Å²) in [5.41, 5.74) is 3.06. The van der Waals surface area contributed by atoms with E-state index in [4.69, 9.17) is 0 Å². The fraction of sp³-hybridized carbons (Fsp3) is 0.600. The summed E-state index contributed by atoms with van der Waals surface area (Å²) in [5, 5.41) is 3.57. The lowest BCUT2D eigenvalue weighted by molar-refractivity contribution is 0.192. The average molecular weight is 230 g/mol. The van der Waals surface area contributed by atoms with Crippen LogP contribution in [0.15, 0.2) is 24.3 Å². The highest BCUT2D eigenvalue weighted by Crippen LogP contribution is 2.28. The largest absolute Gasteiger partial charge is 0.311 e. The Labute approximate surface area is 104 Å². The molecule has 2 heterocycles. The number of likely N-dealkylation sites (tertiary alicyclic amines) is 1. The minimum Gasteiger partial charge on any atom is -0.311 e. The van der Waals surface area contributed by atoms with E-state index in [0.717, 1.165) is 13.1 Å². The van der Waals surface area contributed by atoms with Crippen LogP contribution in [-0.4, -0.2) is 24.5 Å². The summed E-state index contributed by atoms with van der Waals surface area (Å²) in [5.74, 6) is 0. The van der Waals surface area contributed by atoms with E-state index in [2.05, 4.69) is 34.5 Å². The first kappa shape index (κ1) is 11.2. The van der Waals surface area contributed by atoms with Crippen molar-refractivity contribution in [2.45, 2.75) is 38.3 Å². The maximum atomic E-state index is 3.57. The fourth-order valence-corrected chi connectivity index (χ4v) is 3.21. The number of nitrogens with zero attached hydrogens (tertiary/aromatic N) is 1. The molecule has 0 aromatic heterocycles. The second-order valence-electron chi connectivity index (χ2n) is 5.30. The monoisotopic (exact) mass is 230 g/mol. The maximum absolute atomic E-state index is 3.57. The molecule has 0 aliphatic carbocycles. The van der Waals surface area contributed by atoms with Crippen molar-refractivity contribution in [3.63, 3.8) is 0 Å². The lowest BCUT2D eigenvalue weighted by Gasteiger charge is -2.35. The highest BCUT2D eigenvalue weighted by atomic mass is 15.2. The Morgan fingerprint density at radius 2 is 1.76 bits per heavy atom. The van der Waals surface area contributed by atoms with Crippen LogP contribution in [0.1, 0.15) is 42.9 Å². The zero-order valence-electron chi connectivity index (χ0n) is 10.5. The number of hydrogen-bond acceptors (Lipinski definition) is 2. The lowest BCUT2D eigenvalue weighted by atomic mass is 9.95. The van der Waals surface area contributed by atoms with Crippen LogP contribution in [0.4, 0.5) is 0 Å². The van der Waals surface area contributed by atoms with E-state index < -0.39 is 0 Å². The summed E-state index contributed by atoms with van der Waals surface area (Å²) in [6, 6.07) is 9.55. The molecule has 2 nitrogen and oxygen atoms in total. The van der Waals surface area contributed by atoms with Gasteiger partial charge in [0.2, 0.25) is 0 Å². The molecule has 2 aliphatic heterocycles. The highest BCUT2D eigenvalue weighted by molar-refractivity contribution is 5.32. The Balaban J connectivity index is 1.83. The van der Waals surface area contributed by atoms with Crippen LogP contribution in [0.5, 0.6) is 0 Å². The van der Waals surface area contributed by atoms with Gasteiger partial charge in [-0.1, -0.05) is 37.1 Å². The summed E-state index contributed by atoms with van der Waals surface area (Å²) in [4.78, 5) is 2.69. The Kier molecular flexibility index (Phi) is 3.44. The van der Waals surface area contributed by atoms with Crippen molar-refractivity contribution in [1.29, 1.82) is 0 Å². The standard InChI is InChI=1S/C15H22N2/c1-2-6-10-17(9-5-1)15-12-16-11-13-7-3-4-8-14(13)15/h3-4,7-8,15-16H,1-2,5-6,9-12H2/t15-/m0/s1. The van der Waals surface area contributed by atoms with Gasteiger partial charge in [0.1, 0.15) is 0 Å². The number of rotatable bonds is 1. The molecule has 0 unspecified atom stereocenters. The summed E-state index contributed by atoms with van der Waals surface area (Å²) in [6.45, 7) is 4.72. The van der Waals surface area contributed by atoms with Crippen molar-refractivity contribution >= 4 is 0 Å². The van der Waals surface area contributed by atoms with Gasteiger partial charge in [-0.2, -0.15) is 0 Å². The van der Waals surface area contributed by atoms with Crippen LogP contribution < -0.4 is 5.32 Å². The first-order chi connectivity index (χ1) is 8.45. The fourth-order valence-electron chi connectivity index (χ4n) is 3.21. The number of benzene rings is 1. The Hall–Kier alpha value is -0.860. The van der Waals surface area contributed by atoms with Gasteiger partial charge in [0.05, 0.1) is 0 Å². The van der Waals surface area contributed by atoms with Crippen molar-refractivity contribution in [3.8, 4) is 0 Å². The Morgan fingerprint density at radius 3 is 2.59 bits per heavy atom. The van der Waals surface area contributed by atoms with Gasteiger partial charge in [-0.15, -0.1) is 0 Å². The molecule has 2 aliphatic rings. The minimum atomic E-state index is 0.609. The molecular formula is C15H22N2. The van der Waals surface area contributed by atoms with Gasteiger partial charge in [0, 0.05) is 19.1 Å². The molecule has 1 aromatic rings. The van der Waals surface area contributed by atoms with Crippen LogP contribution in [0.3, 0.4) is 0 Å². The third-order valence-electron chi connectivity index (χ3n) is 4.15. The molecule has 1 saturated heterocycles. The molecule has 0 amide bonds. The van der Waals surface area contributed by atoms with E-state index in [9.17, 15) is 0 Å². The van der Waals surface area contributed by atoms with Crippen LogP contribution in [0, 0.1) is 0 Å². The summed E-state index contributed by atoms with van der Waals surface area (Å²) in [7, 11) is 0. The van der Waals surface area contributed by atoms with E-state index in [1.165, 1.54) is 44.3 Å². The van der Waals surface area contributed by atoms with Crippen molar-refractivity contribution < 1.29 is 0 Å². The molecule has 0 bridgehead atoms. The predicted molar refractivity (Wildman–Crippen MR) is 70.9 cm³/mol. The first-order valence-corrected chi connectivity index (χ1v) is 6.98. The van der Waals surface area contributed by atoms with Crippen LogP contribution in [0.25, 0.3) is 0 Å². The van der Waals surface area contributed by atoms with Gasteiger partial charge in [-0.3, -0.25) is 4.90 Å². The van der Waals surface area contributed by atoms with E-state index in [1.54, 1.807) is 5.56 Å². The molecule has 2 heteroatoms. The zero-order chi connectivity index (χ0) is 11.5. The molecule has 1 N–H and O–H groups in total. The van der Waals surface area contributed by atoms with Gasteiger partial charge in [0.25, 0.3) is 0 Å². The average Bonchev–Trinajstić information content (AvgIpc) is 2.67. The quantitative estimate of drug-likeness (QED) is 0.798. The van der Waals surface area contributed by atoms with Crippen LogP contribution >= 0.6 is 0 Å². The summed E-state index contributed by atoms with van der Waals surface area (Å²) in [6.07, 6.45) is 5.58. The lowest BCUT2D eigenvalue weighted by Crippen LogP contribution is -2.40. The molecule has 0 radical (unpaired) electrons. The Morgan fingerprint density at radius 1 is 1.00 bits per heavy atom. The molecular weight excluding hydrogens is 208 g/mol. The highest BCUT2D eigenvalue weighted by Gasteiger charge is 2.25. The SMILES string of the molecule is c1ccc2c(c1)CNC[C@@H]2N1CCCCCC1. The number of fused-ring (bicyclic) bond motifs is 1. The summed E-state index contributed by atoms with van der Waals surface area (Å²) >= 11 is 0. The van der Waals surface area contributed by atoms with Crippen molar-refractivity contribution in [3.05, 3.63) is 35.4 Å². The van der Waals surface area contributed by atoms with Crippen LogP contribution in [0.2, 0.25) is 0 Å². The zero-order valence-corrected chi connectivity index (χ0v) is 10.5. The van der Waals surface area contributed by atoms with E-state index >= 15 is 0 Å². The maximum Gasteiger partial charge on any atom is 0.0476 e. The molecule has 17 heavy (non-hydrogen) atoms. The third-order valence-corrected chi connectivity index (χ3v) is 4.15. The number of hydrogen-bond donors (Lipinski definition) is 1. The van der Waals surface area contributed by atoms with E-state index in [0.29, 0.717) is 6.04 Å². The van der Waals surface area contributed by atoms with E-state index in [-0.39, 0.29) is 0 Å². The first-order valence-electron chi connectivity index (χ1n) is 6.98. The molecule has 92 valence electrons. The smallest absolute Gasteiger partial charge is 0.0476 e. The normalized spacial score (nSPS) is 26.2. The van der Waals surface area contributed by atoms with E-state index in [1.807, 2.05) is 0 Å². The van der Waals surface area contributed by atoms with Crippen molar-refractivity contribution in [2.75, 3.05) is 19.6 Å². The van der Waals surface area contributed by atoms with Crippen molar-refractivity contribution in [1.82, 2.24) is 10.2 Å². The molecule has 0 spiro atoms. The van der Waals surface area contributed by atoms with Gasteiger partial charge < -0.3 is 5.32 Å². The second-order valence-corrected chi connectivity index (χ2v) is 5.30. The topological polar surface area (TPSA) is 15.3 Å². The predicted octanol–water partition coefficient (Wildman–Crippen LogP) is 2.71. The van der Waals surface area contributed by atoms with Crippen LogP contribution in [-0.2, 0) is 6.54 Å². The van der Waals surface area contributed by atoms with Gasteiger partial charge in [-0.05, 0) is 37.1 Å². The third kappa shape index (κ3) is 2.38. The molecule has 1 fully saturated rings. The van der Waals surface area contributed by atoms with Gasteiger partial charge in [0.15, 0.2) is 0 Å². The molecule has 1 aromatic carbocycles. The Bertz CT molecular complexity index is 367. The molecule has 3 rings (SSSR count). The number of nitrogens with one attached hydrogen (secondary N) is 1. The molecule has 0 saturated carbocycles. The summed E-state index contributed by atoms with van der Waals surface area (Å²) < 4.78 is 0.